The molecule has 0 aliphatic heterocycles. The van der Waals surface area contributed by atoms with Gasteiger partial charge in [0.1, 0.15) is 0 Å². The number of carbonyl (C=O) groups excluding carboxylic acids is 2. The summed E-state index contributed by atoms with van der Waals surface area (Å²) in [6.07, 6.45) is 1.49. The number of Topliss-reactive ketones (excluding diaryl/α,β-unsaturated/α-hetero) is 2. The van der Waals surface area contributed by atoms with E-state index in [0.717, 1.165) is 0 Å². The van der Waals surface area contributed by atoms with Crippen molar-refractivity contribution < 1.29 is 9.59 Å². The van der Waals surface area contributed by atoms with E-state index in [0.29, 0.717) is 10.0 Å². The second-order valence-corrected chi connectivity index (χ2v) is 4.92. The summed E-state index contributed by atoms with van der Waals surface area (Å²) in [6.45, 7) is 6.92. The Hall–Kier alpha value is -1.22. The van der Waals surface area contributed by atoms with Crippen molar-refractivity contribution >= 4 is 27.5 Å². The zero-order valence-corrected chi connectivity index (χ0v) is 10.9. The fourth-order valence-corrected chi connectivity index (χ4v) is 1.62. The van der Waals surface area contributed by atoms with Crippen LogP contribution in [-0.2, 0) is 4.79 Å². The van der Waals surface area contributed by atoms with Crippen LogP contribution in [0.2, 0.25) is 0 Å². The molecule has 1 aromatic rings. The molecule has 0 aliphatic carbocycles. The lowest BCUT2D eigenvalue weighted by atomic mass is 9.84. The molecule has 1 rings (SSSR count). The second-order valence-electron chi connectivity index (χ2n) is 4.06. The monoisotopic (exact) mass is 280 g/mol. The van der Waals surface area contributed by atoms with Gasteiger partial charge in [0.25, 0.3) is 0 Å². The molecule has 0 aromatic heterocycles. The highest BCUT2D eigenvalue weighted by Gasteiger charge is 2.31. The van der Waals surface area contributed by atoms with Gasteiger partial charge in [0.05, 0.1) is 0 Å². The largest absolute Gasteiger partial charge is 0.290 e. The van der Waals surface area contributed by atoms with Gasteiger partial charge < -0.3 is 0 Å². The number of allylic oxidation sites excluding steroid dienone is 1. The first kappa shape index (κ1) is 12.8. The lowest BCUT2D eigenvalue weighted by Gasteiger charge is -2.16. The van der Waals surface area contributed by atoms with Crippen LogP contribution in [0.1, 0.15) is 24.2 Å². The van der Waals surface area contributed by atoms with Gasteiger partial charge >= 0.3 is 0 Å². The Bertz CT molecular complexity index is 447. The van der Waals surface area contributed by atoms with Gasteiger partial charge in [-0.2, -0.15) is 0 Å². The predicted octanol–water partition coefficient (Wildman–Crippen LogP) is 3.41. The Kier molecular flexibility index (Phi) is 3.81. The van der Waals surface area contributed by atoms with Crippen molar-refractivity contribution in [3.63, 3.8) is 0 Å². The zero-order valence-electron chi connectivity index (χ0n) is 9.29. The summed E-state index contributed by atoms with van der Waals surface area (Å²) < 4.78 is 0.633. The summed E-state index contributed by atoms with van der Waals surface area (Å²) in [5.41, 5.74) is -0.436. The molecular weight excluding hydrogens is 268 g/mol. The minimum absolute atomic E-state index is 0.391. The zero-order chi connectivity index (χ0) is 12.3. The van der Waals surface area contributed by atoms with Crippen LogP contribution in [0, 0.1) is 5.41 Å². The van der Waals surface area contributed by atoms with Crippen molar-refractivity contribution in [2.45, 2.75) is 13.8 Å². The SMILES string of the molecule is C=CC(C)(C)C(=O)C(=O)c1ccccc1Br. The number of benzene rings is 1. The standard InChI is InChI=1S/C13H13BrO2/c1-4-13(2,3)12(16)11(15)9-7-5-6-8-10(9)14/h4-8H,1H2,2-3H3. The Morgan fingerprint density at radius 1 is 1.31 bits per heavy atom. The maximum Gasteiger partial charge on any atom is 0.230 e. The van der Waals surface area contributed by atoms with Crippen LogP contribution in [0.15, 0.2) is 41.4 Å². The number of hydrogen-bond donors (Lipinski definition) is 0. The third-order valence-corrected chi connectivity index (χ3v) is 3.11. The highest BCUT2D eigenvalue weighted by atomic mass is 79.9. The van der Waals surface area contributed by atoms with Crippen molar-refractivity contribution in [1.82, 2.24) is 0 Å². The smallest absolute Gasteiger partial charge is 0.230 e. The Morgan fingerprint density at radius 2 is 1.88 bits per heavy atom. The van der Waals surface area contributed by atoms with E-state index in [1.807, 2.05) is 0 Å². The molecule has 84 valence electrons. The highest BCUT2D eigenvalue weighted by Crippen LogP contribution is 2.23. The summed E-state index contributed by atoms with van der Waals surface area (Å²) >= 11 is 3.25. The molecule has 0 aliphatic rings. The Labute approximate surface area is 103 Å². The lowest BCUT2D eigenvalue weighted by molar-refractivity contribution is -0.120. The number of halogens is 1. The van der Waals surface area contributed by atoms with E-state index in [1.54, 1.807) is 38.1 Å². The van der Waals surface area contributed by atoms with Crippen LogP contribution in [0.4, 0.5) is 0 Å². The van der Waals surface area contributed by atoms with Gasteiger partial charge in [-0.25, -0.2) is 0 Å². The molecule has 0 fully saturated rings. The van der Waals surface area contributed by atoms with E-state index in [9.17, 15) is 9.59 Å². The molecule has 0 spiro atoms. The van der Waals surface area contributed by atoms with Crippen molar-refractivity contribution in [3.05, 3.63) is 47.0 Å². The molecule has 0 bridgehead atoms. The van der Waals surface area contributed by atoms with Gasteiger partial charge in [-0.05, 0) is 26.0 Å². The summed E-state index contributed by atoms with van der Waals surface area (Å²) in [4.78, 5) is 23.9. The fraction of sp³-hybridized carbons (Fsp3) is 0.231. The molecule has 0 atom stereocenters. The minimum atomic E-state index is -0.827. The van der Waals surface area contributed by atoms with Crippen LogP contribution in [-0.4, -0.2) is 11.6 Å². The molecule has 0 heterocycles. The van der Waals surface area contributed by atoms with Gasteiger partial charge in [-0.3, -0.25) is 9.59 Å². The van der Waals surface area contributed by atoms with Crippen molar-refractivity contribution in [2.24, 2.45) is 5.41 Å². The van der Waals surface area contributed by atoms with E-state index in [4.69, 9.17) is 0 Å². The minimum Gasteiger partial charge on any atom is -0.290 e. The maximum absolute atomic E-state index is 11.9. The maximum atomic E-state index is 11.9. The topological polar surface area (TPSA) is 34.1 Å². The van der Waals surface area contributed by atoms with Gasteiger partial charge in [0, 0.05) is 15.5 Å². The van der Waals surface area contributed by atoms with Gasteiger partial charge in [0.2, 0.25) is 11.6 Å². The molecule has 2 nitrogen and oxygen atoms in total. The van der Waals surface area contributed by atoms with Crippen molar-refractivity contribution in [3.8, 4) is 0 Å². The average molecular weight is 281 g/mol. The number of ketones is 2. The van der Waals surface area contributed by atoms with E-state index in [-0.39, 0.29) is 0 Å². The first-order valence-corrected chi connectivity index (χ1v) is 5.66. The molecule has 16 heavy (non-hydrogen) atoms. The van der Waals surface area contributed by atoms with Crippen molar-refractivity contribution in [2.75, 3.05) is 0 Å². The first-order valence-electron chi connectivity index (χ1n) is 4.87. The van der Waals surface area contributed by atoms with Crippen molar-refractivity contribution in [1.29, 1.82) is 0 Å². The highest BCUT2D eigenvalue weighted by molar-refractivity contribution is 9.10. The molecule has 0 saturated carbocycles. The number of carbonyl (C=O) groups is 2. The normalized spacial score (nSPS) is 10.9. The molecule has 1 aromatic carbocycles. The first-order chi connectivity index (χ1) is 7.40. The molecule has 0 unspecified atom stereocenters. The van der Waals surface area contributed by atoms with E-state index < -0.39 is 17.0 Å². The molecule has 0 N–H and O–H groups in total. The predicted molar refractivity (Wildman–Crippen MR) is 67.5 cm³/mol. The number of rotatable bonds is 4. The average Bonchev–Trinajstić information content (AvgIpc) is 2.27. The molecule has 0 saturated heterocycles. The van der Waals surface area contributed by atoms with Gasteiger partial charge in [-0.1, -0.05) is 34.1 Å². The molecule has 3 heteroatoms. The quantitative estimate of drug-likeness (QED) is 0.481. The molecule has 0 amide bonds. The fourth-order valence-electron chi connectivity index (χ4n) is 1.15. The third-order valence-electron chi connectivity index (χ3n) is 2.42. The summed E-state index contributed by atoms with van der Waals surface area (Å²) in [5.74, 6) is -0.938. The Balaban J connectivity index is 3.10. The number of hydrogen-bond acceptors (Lipinski definition) is 2. The summed E-state index contributed by atoms with van der Waals surface area (Å²) in [5, 5.41) is 0. The summed E-state index contributed by atoms with van der Waals surface area (Å²) in [6, 6.07) is 6.89. The van der Waals surface area contributed by atoms with Crippen LogP contribution >= 0.6 is 15.9 Å². The van der Waals surface area contributed by atoms with E-state index in [1.165, 1.54) is 6.08 Å². The summed E-state index contributed by atoms with van der Waals surface area (Å²) in [7, 11) is 0. The third kappa shape index (κ3) is 2.47. The van der Waals surface area contributed by atoms with E-state index >= 15 is 0 Å². The molecular formula is C13H13BrO2. The van der Waals surface area contributed by atoms with Crippen LogP contribution in [0.5, 0.6) is 0 Å². The van der Waals surface area contributed by atoms with Gasteiger partial charge in [-0.15, -0.1) is 6.58 Å². The second kappa shape index (κ2) is 4.74. The van der Waals surface area contributed by atoms with E-state index in [2.05, 4.69) is 22.5 Å². The lowest BCUT2D eigenvalue weighted by Crippen LogP contribution is -2.29. The van der Waals surface area contributed by atoms with Crippen LogP contribution < -0.4 is 0 Å². The molecule has 0 radical (unpaired) electrons. The van der Waals surface area contributed by atoms with Crippen LogP contribution in [0.3, 0.4) is 0 Å². The van der Waals surface area contributed by atoms with Crippen LogP contribution in [0.25, 0.3) is 0 Å². The Morgan fingerprint density at radius 3 is 2.38 bits per heavy atom. The van der Waals surface area contributed by atoms with Gasteiger partial charge in [0.15, 0.2) is 0 Å².